The first-order valence-corrected chi connectivity index (χ1v) is 13.1. The Morgan fingerprint density at radius 3 is 2.69 bits per heavy atom. The van der Waals surface area contributed by atoms with E-state index in [9.17, 15) is 4.79 Å². The van der Waals surface area contributed by atoms with Gasteiger partial charge in [0, 0.05) is 41.8 Å². The molecule has 0 fully saturated rings. The van der Waals surface area contributed by atoms with Crippen molar-refractivity contribution in [3.05, 3.63) is 96.7 Å². The number of nitrogens with one attached hydrogen (secondary N) is 2. The highest BCUT2D eigenvalue weighted by Crippen LogP contribution is 2.25. The third-order valence-electron chi connectivity index (χ3n) is 6.72. The Labute approximate surface area is 227 Å². The predicted octanol–water partition coefficient (Wildman–Crippen LogP) is 3.18. The van der Waals surface area contributed by atoms with Crippen molar-refractivity contribution in [3.63, 3.8) is 0 Å². The van der Waals surface area contributed by atoms with Gasteiger partial charge in [-0.25, -0.2) is 19.5 Å². The molecular weight excluding hydrogens is 492 g/mol. The van der Waals surface area contributed by atoms with Crippen LogP contribution in [0.3, 0.4) is 0 Å². The summed E-state index contributed by atoms with van der Waals surface area (Å²) in [5.74, 6) is -0.153. The quantitative estimate of drug-likeness (QED) is 0.308. The summed E-state index contributed by atoms with van der Waals surface area (Å²) >= 11 is 0. The second-order valence-corrected chi connectivity index (χ2v) is 9.07. The number of benzene rings is 1. The summed E-state index contributed by atoms with van der Waals surface area (Å²) in [5.41, 5.74) is 4.10. The molecule has 0 aliphatic carbocycles. The fourth-order valence-electron chi connectivity index (χ4n) is 4.61. The van der Waals surface area contributed by atoms with Gasteiger partial charge in [-0.3, -0.25) is 9.69 Å². The van der Waals surface area contributed by atoms with E-state index in [-0.39, 0.29) is 18.0 Å². The van der Waals surface area contributed by atoms with E-state index >= 15 is 0 Å². The molecule has 1 aliphatic rings. The number of amides is 1. The first-order chi connectivity index (χ1) is 19.2. The predicted molar refractivity (Wildman–Crippen MR) is 149 cm³/mol. The Morgan fingerprint density at radius 1 is 1.13 bits per heavy atom. The first kappa shape index (κ1) is 26.1. The highest BCUT2D eigenvalue weighted by atomic mass is 16.5. The van der Waals surface area contributed by atoms with Gasteiger partial charge >= 0.3 is 6.01 Å². The summed E-state index contributed by atoms with van der Waals surface area (Å²) in [4.78, 5) is 28.6. The van der Waals surface area contributed by atoms with Gasteiger partial charge in [-0.2, -0.15) is 5.10 Å². The van der Waals surface area contributed by atoms with Gasteiger partial charge < -0.3 is 15.4 Å². The van der Waals surface area contributed by atoms with Crippen LogP contribution in [0.4, 0.5) is 0 Å². The molecule has 0 bridgehead atoms. The number of aromatic nitrogens is 5. The van der Waals surface area contributed by atoms with E-state index in [0.717, 1.165) is 35.6 Å². The second kappa shape index (κ2) is 12.3. The van der Waals surface area contributed by atoms with E-state index in [0.29, 0.717) is 24.7 Å². The standard InChI is InChI=1S/C29H32N8O2/c1-3-36(4-2)23(20-39-29-31-13-8-14-32-29)18-33-28(38)22-11-15-30-26(17-22)24-19-34-37-16-12-25(35-27(24)37)21-9-6-5-7-10-21/h5-17,19,23,26,30H,3-4,18,20H2,1-2H3,(H,33,38)/t23-,26?/m1/s1. The SMILES string of the molecule is CCN(CC)[C@H](CNC(=O)C1=CC(c2cnn3ccc(-c4ccccc4)nc23)NC=C1)COc1ncccn1. The zero-order chi connectivity index (χ0) is 27.0. The summed E-state index contributed by atoms with van der Waals surface area (Å²) in [5, 5.41) is 10.9. The van der Waals surface area contributed by atoms with E-state index in [1.54, 1.807) is 41.4 Å². The molecule has 0 saturated carbocycles. The summed E-state index contributed by atoms with van der Waals surface area (Å²) in [6, 6.07) is 13.8. The average molecular weight is 525 g/mol. The van der Waals surface area contributed by atoms with Crippen LogP contribution in [-0.2, 0) is 4.79 Å². The van der Waals surface area contributed by atoms with Gasteiger partial charge in [-0.15, -0.1) is 0 Å². The van der Waals surface area contributed by atoms with Crippen LogP contribution in [0.5, 0.6) is 6.01 Å². The molecule has 1 amide bonds. The minimum Gasteiger partial charge on any atom is -0.462 e. The lowest BCUT2D eigenvalue weighted by Crippen LogP contribution is -2.47. The zero-order valence-electron chi connectivity index (χ0n) is 22.1. The molecule has 1 aliphatic heterocycles. The maximum absolute atomic E-state index is 13.2. The maximum atomic E-state index is 13.2. The van der Waals surface area contributed by atoms with Crippen molar-refractivity contribution in [2.45, 2.75) is 25.9 Å². The van der Waals surface area contributed by atoms with E-state index in [2.05, 4.69) is 44.4 Å². The van der Waals surface area contributed by atoms with Gasteiger partial charge in [-0.05, 0) is 43.6 Å². The molecule has 4 heterocycles. The van der Waals surface area contributed by atoms with Crippen molar-refractivity contribution < 1.29 is 9.53 Å². The number of hydrogen-bond acceptors (Lipinski definition) is 8. The van der Waals surface area contributed by atoms with Crippen LogP contribution in [0.2, 0.25) is 0 Å². The van der Waals surface area contributed by atoms with Gasteiger partial charge in [-0.1, -0.05) is 44.2 Å². The number of rotatable bonds is 11. The molecule has 0 radical (unpaired) electrons. The molecule has 2 atom stereocenters. The van der Waals surface area contributed by atoms with E-state index in [1.165, 1.54) is 0 Å². The Kier molecular flexibility index (Phi) is 8.23. The Bertz CT molecular complexity index is 1450. The summed E-state index contributed by atoms with van der Waals surface area (Å²) < 4.78 is 7.56. The van der Waals surface area contributed by atoms with Crippen LogP contribution in [0.15, 0.2) is 91.2 Å². The van der Waals surface area contributed by atoms with Gasteiger partial charge in [0.15, 0.2) is 5.65 Å². The van der Waals surface area contributed by atoms with Crippen molar-refractivity contribution in [2.75, 3.05) is 26.2 Å². The summed E-state index contributed by atoms with van der Waals surface area (Å²) in [6.45, 7) is 6.63. The number of fused-ring (bicyclic) bond motifs is 1. The highest BCUT2D eigenvalue weighted by Gasteiger charge is 2.22. The van der Waals surface area contributed by atoms with E-state index in [1.807, 2.05) is 48.7 Å². The first-order valence-electron chi connectivity index (χ1n) is 13.1. The minimum atomic E-state index is -0.246. The number of dihydropyridines is 1. The summed E-state index contributed by atoms with van der Waals surface area (Å²) in [7, 11) is 0. The molecule has 0 saturated heterocycles. The number of ether oxygens (including phenoxy) is 1. The van der Waals surface area contributed by atoms with Crippen LogP contribution in [-0.4, -0.2) is 67.7 Å². The molecular formula is C29H32N8O2. The van der Waals surface area contributed by atoms with E-state index in [4.69, 9.17) is 9.72 Å². The molecule has 5 rings (SSSR count). The number of likely N-dealkylation sites (N-methyl/N-ethyl adjacent to an activating group) is 1. The van der Waals surface area contributed by atoms with Crippen LogP contribution >= 0.6 is 0 Å². The van der Waals surface area contributed by atoms with Crippen molar-refractivity contribution >= 4 is 11.6 Å². The third-order valence-corrected chi connectivity index (χ3v) is 6.72. The Balaban J connectivity index is 1.29. The molecule has 200 valence electrons. The van der Waals surface area contributed by atoms with Gasteiger partial charge in [0.1, 0.15) is 6.61 Å². The monoisotopic (exact) mass is 524 g/mol. The van der Waals surface area contributed by atoms with Crippen molar-refractivity contribution in [3.8, 4) is 17.3 Å². The topological polar surface area (TPSA) is 110 Å². The molecule has 2 N–H and O–H groups in total. The van der Waals surface area contributed by atoms with E-state index < -0.39 is 0 Å². The molecule has 1 aromatic carbocycles. The largest absolute Gasteiger partial charge is 0.462 e. The Morgan fingerprint density at radius 2 is 1.92 bits per heavy atom. The molecule has 10 heteroatoms. The molecule has 0 spiro atoms. The lowest BCUT2D eigenvalue weighted by molar-refractivity contribution is -0.117. The number of carbonyl (C=O) groups excluding carboxylic acids is 1. The Hall–Kier alpha value is -4.57. The third kappa shape index (κ3) is 6.12. The van der Waals surface area contributed by atoms with Crippen LogP contribution in [0.1, 0.15) is 25.5 Å². The zero-order valence-corrected chi connectivity index (χ0v) is 22.1. The highest BCUT2D eigenvalue weighted by molar-refractivity contribution is 5.96. The number of carbonyl (C=O) groups is 1. The van der Waals surface area contributed by atoms with Crippen molar-refractivity contribution in [2.24, 2.45) is 0 Å². The smallest absolute Gasteiger partial charge is 0.316 e. The molecule has 39 heavy (non-hydrogen) atoms. The van der Waals surface area contributed by atoms with Gasteiger partial charge in [0.25, 0.3) is 5.91 Å². The second-order valence-electron chi connectivity index (χ2n) is 9.07. The molecule has 1 unspecified atom stereocenters. The van der Waals surface area contributed by atoms with Gasteiger partial charge in [0.05, 0.1) is 24.0 Å². The lowest BCUT2D eigenvalue weighted by Gasteiger charge is -2.29. The fourth-order valence-corrected chi connectivity index (χ4v) is 4.61. The molecule has 3 aromatic heterocycles. The van der Waals surface area contributed by atoms with Crippen LogP contribution < -0.4 is 15.4 Å². The van der Waals surface area contributed by atoms with Crippen LogP contribution in [0, 0.1) is 0 Å². The average Bonchev–Trinajstić information content (AvgIpc) is 3.43. The van der Waals surface area contributed by atoms with Crippen LogP contribution in [0.25, 0.3) is 16.9 Å². The molecule has 4 aromatic rings. The van der Waals surface area contributed by atoms with Crippen molar-refractivity contribution in [1.82, 2.24) is 40.1 Å². The fraction of sp³-hybridized carbons (Fsp3) is 0.276. The van der Waals surface area contributed by atoms with Gasteiger partial charge in [0.2, 0.25) is 0 Å². The normalized spacial score (nSPS) is 15.6. The minimum absolute atomic E-state index is 0.0323. The summed E-state index contributed by atoms with van der Waals surface area (Å²) in [6.07, 6.45) is 12.5. The maximum Gasteiger partial charge on any atom is 0.316 e. The van der Waals surface area contributed by atoms with Crippen molar-refractivity contribution in [1.29, 1.82) is 0 Å². The number of hydrogen-bond donors (Lipinski definition) is 2. The lowest BCUT2D eigenvalue weighted by atomic mass is 10.0. The molecule has 10 nitrogen and oxygen atoms in total. The number of nitrogens with zero attached hydrogens (tertiary/aromatic N) is 6.